The smallest absolute Gasteiger partial charge is 0.319 e. The third kappa shape index (κ3) is 2.25. The van der Waals surface area contributed by atoms with Crippen molar-refractivity contribution in [2.75, 3.05) is 6.54 Å². The van der Waals surface area contributed by atoms with Crippen LogP contribution in [0.4, 0.5) is 4.79 Å². The first-order valence-electron chi connectivity index (χ1n) is 6.49. The molecule has 1 fully saturated rings. The highest BCUT2D eigenvalue weighted by atomic mass is 16.2. The van der Waals surface area contributed by atoms with E-state index in [9.17, 15) is 9.59 Å². The van der Waals surface area contributed by atoms with Crippen LogP contribution in [0.25, 0.3) is 0 Å². The van der Waals surface area contributed by atoms with E-state index in [-0.39, 0.29) is 18.4 Å². The minimum absolute atomic E-state index is 0.114. The van der Waals surface area contributed by atoms with Gasteiger partial charge in [-0.3, -0.25) is 9.69 Å². The molecule has 0 spiro atoms. The number of urea groups is 1. The molecule has 5 heteroatoms. The summed E-state index contributed by atoms with van der Waals surface area (Å²) in [5.41, 5.74) is 0.776. The molecule has 0 unspecified atom stereocenters. The van der Waals surface area contributed by atoms with Crippen LogP contribution in [0, 0.1) is 24.2 Å². The summed E-state index contributed by atoms with van der Waals surface area (Å²) in [6, 6.07) is 9.07. The van der Waals surface area contributed by atoms with Gasteiger partial charge in [-0.05, 0) is 26.3 Å². The molecule has 0 saturated carbocycles. The predicted molar refractivity (Wildman–Crippen MR) is 73.6 cm³/mol. The van der Waals surface area contributed by atoms with Gasteiger partial charge < -0.3 is 5.32 Å². The van der Waals surface area contributed by atoms with Gasteiger partial charge in [0.1, 0.15) is 5.54 Å². The summed E-state index contributed by atoms with van der Waals surface area (Å²) in [4.78, 5) is 25.6. The molecule has 5 nitrogen and oxygen atoms in total. The summed E-state index contributed by atoms with van der Waals surface area (Å²) in [5, 5.41) is 11.5. The fraction of sp³-hybridized carbons (Fsp3) is 0.400. The Kier molecular flexibility index (Phi) is 3.49. The van der Waals surface area contributed by atoms with Crippen LogP contribution in [0.2, 0.25) is 0 Å². The topological polar surface area (TPSA) is 73.2 Å². The lowest BCUT2D eigenvalue weighted by Gasteiger charge is -2.22. The van der Waals surface area contributed by atoms with Crippen LogP contribution >= 0.6 is 0 Å². The summed E-state index contributed by atoms with van der Waals surface area (Å²) >= 11 is 0. The lowest BCUT2D eigenvalue weighted by atomic mass is 9.91. The molecule has 1 N–H and O–H groups in total. The minimum Gasteiger partial charge on any atom is -0.319 e. The van der Waals surface area contributed by atoms with Gasteiger partial charge in [-0.15, -0.1) is 0 Å². The molecule has 2 rings (SSSR count). The van der Waals surface area contributed by atoms with E-state index in [2.05, 4.69) is 5.32 Å². The normalized spacial score (nSPS) is 23.4. The van der Waals surface area contributed by atoms with E-state index in [1.807, 2.05) is 37.3 Å². The first-order chi connectivity index (χ1) is 9.38. The standard InChI is InChI=1S/C15H17N3O2/c1-10-4-6-12(7-5-10)15(3)13(19)18(14(20)17-15)9-11(2)8-16/h4-7,11H,9H2,1-3H3,(H,17,20)/t11-,15+/m1/s1. The second-order valence-corrected chi connectivity index (χ2v) is 5.37. The molecule has 1 aromatic carbocycles. The van der Waals surface area contributed by atoms with Crippen molar-refractivity contribution >= 4 is 11.9 Å². The maximum atomic E-state index is 12.5. The largest absolute Gasteiger partial charge is 0.325 e. The van der Waals surface area contributed by atoms with Gasteiger partial charge in [0, 0.05) is 6.54 Å². The number of aryl methyl sites for hydroxylation is 1. The molecule has 20 heavy (non-hydrogen) atoms. The number of carbonyl (C=O) groups is 2. The molecule has 0 aliphatic carbocycles. The van der Waals surface area contributed by atoms with E-state index in [1.54, 1.807) is 13.8 Å². The number of nitrogens with one attached hydrogen (secondary N) is 1. The maximum Gasteiger partial charge on any atom is 0.325 e. The van der Waals surface area contributed by atoms with E-state index >= 15 is 0 Å². The quantitative estimate of drug-likeness (QED) is 0.854. The predicted octanol–water partition coefficient (Wildman–Crippen LogP) is 1.92. The minimum atomic E-state index is -1.06. The fourth-order valence-electron chi connectivity index (χ4n) is 2.26. The van der Waals surface area contributed by atoms with Gasteiger partial charge in [0.05, 0.1) is 12.0 Å². The monoisotopic (exact) mass is 271 g/mol. The molecule has 1 aliphatic heterocycles. The first kappa shape index (κ1) is 14.1. The molecule has 0 aromatic heterocycles. The zero-order chi connectivity index (χ0) is 14.9. The number of nitriles is 1. The Morgan fingerprint density at radius 1 is 1.35 bits per heavy atom. The van der Waals surface area contributed by atoms with Crippen molar-refractivity contribution in [2.45, 2.75) is 26.3 Å². The van der Waals surface area contributed by atoms with Crippen LogP contribution in [0.1, 0.15) is 25.0 Å². The molecule has 3 amide bonds. The highest BCUT2D eigenvalue weighted by Crippen LogP contribution is 2.29. The van der Waals surface area contributed by atoms with Crippen molar-refractivity contribution in [3.05, 3.63) is 35.4 Å². The van der Waals surface area contributed by atoms with Crippen LogP contribution in [-0.4, -0.2) is 23.4 Å². The van der Waals surface area contributed by atoms with Gasteiger partial charge in [0.25, 0.3) is 5.91 Å². The maximum absolute atomic E-state index is 12.5. The van der Waals surface area contributed by atoms with Crippen LogP contribution in [0.5, 0.6) is 0 Å². The summed E-state index contributed by atoms with van der Waals surface area (Å²) in [7, 11) is 0. The van der Waals surface area contributed by atoms with Gasteiger partial charge in [-0.25, -0.2) is 4.79 Å². The van der Waals surface area contributed by atoms with Gasteiger partial charge in [0.15, 0.2) is 0 Å². The Bertz CT molecular complexity index is 588. The third-order valence-electron chi connectivity index (χ3n) is 3.58. The Labute approximate surface area is 118 Å². The molecule has 1 aromatic rings. The Hall–Kier alpha value is -2.35. The zero-order valence-corrected chi connectivity index (χ0v) is 11.8. The summed E-state index contributed by atoms with van der Waals surface area (Å²) < 4.78 is 0. The van der Waals surface area contributed by atoms with E-state index in [0.29, 0.717) is 0 Å². The van der Waals surface area contributed by atoms with Crippen LogP contribution < -0.4 is 5.32 Å². The number of hydrogen-bond donors (Lipinski definition) is 1. The molecule has 0 bridgehead atoms. The van der Waals surface area contributed by atoms with E-state index in [4.69, 9.17) is 5.26 Å². The molecular formula is C15H17N3O2. The third-order valence-corrected chi connectivity index (χ3v) is 3.58. The lowest BCUT2D eigenvalue weighted by Crippen LogP contribution is -2.41. The lowest BCUT2D eigenvalue weighted by molar-refractivity contribution is -0.131. The van der Waals surface area contributed by atoms with E-state index < -0.39 is 11.6 Å². The molecule has 1 aliphatic rings. The van der Waals surface area contributed by atoms with Crippen molar-refractivity contribution in [3.8, 4) is 6.07 Å². The molecule has 1 saturated heterocycles. The second kappa shape index (κ2) is 4.97. The van der Waals surface area contributed by atoms with Gasteiger partial charge in [0.2, 0.25) is 0 Å². The number of hydrogen-bond acceptors (Lipinski definition) is 3. The average molecular weight is 271 g/mol. The van der Waals surface area contributed by atoms with Crippen molar-refractivity contribution < 1.29 is 9.59 Å². The average Bonchev–Trinajstić information content (AvgIpc) is 2.64. The zero-order valence-electron chi connectivity index (χ0n) is 11.8. The number of benzene rings is 1. The van der Waals surface area contributed by atoms with Crippen molar-refractivity contribution in [1.82, 2.24) is 10.2 Å². The second-order valence-electron chi connectivity index (χ2n) is 5.37. The van der Waals surface area contributed by atoms with Crippen molar-refractivity contribution in [3.63, 3.8) is 0 Å². The van der Waals surface area contributed by atoms with E-state index in [1.165, 1.54) is 0 Å². The van der Waals surface area contributed by atoms with Crippen LogP contribution in [0.3, 0.4) is 0 Å². The van der Waals surface area contributed by atoms with Crippen LogP contribution in [0.15, 0.2) is 24.3 Å². The molecule has 2 atom stereocenters. The molecule has 0 radical (unpaired) electrons. The van der Waals surface area contributed by atoms with Gasteiger partial charge in [-0.1, -0.05) is 29.8 Å². The van der Waals surface area contributed by atoms with E-state index in [0.717, 1.165) is 16.0 Å². The molecule has 1 heterocycles. The highest BCUT2D eigenvalue weighted by Gasteiger charge is 2.49. The molecule has 104 valence electrons. The Morgan fingerprint density at radius 3 is 2.50 bits per heavy atom. The van der Waals surface area contributed by atoms with Crippen molar-refractivity contribution in [2.24, 2.45) is 5.92 Å². The number of nitrogens with zero attached hydrogens (tertiary/aromatic N) is 2. The highest BCUT2D eigenvalue weighted by molar-refractivity contribution is 6.07. The molecular weight excluding hydrogens is 254 g/mol. The van der Waals surface area contributed by atoms with Gasteiger partial charge in [-0.2, -0.15) is 5.26 Å². The summed E-state index contributed by atoms with van der Waals surface area (Å²) in [6.07, 6.45) is 0. The first-order valence-corrected chi connectivity index (χ1v) is 6.49. The Morgan fingerprint density at radius 2 is 1.95 bits per heavy atom. The Balaban J connectivity index is 2.31. The van der Waals surface area contributed by atoms with Crippen LogP contribution in [-0.2, 0) is 10.3 Å². The number of rotatable bonds is 3. The fourth-order valence-corrected chi connectivity index (χ4v) is 2.26. The number of amides is 3. The summed E-state index contributed by atoms with van der Waals surface area (Å²) in [6.45, 7) is 5.45. The SMILES string of the molecule is Cc1ccc([C@]2(C)NC(=O)N(C[C@H](C)C#N)C2=O)cc1. The van der Waals surface area contributed by atoms with Gasteiger partial charge >= 0.3 is 6.03 Å². The number of carbonyl (C=O) groups excluding carboxylic acids is 2. The number of imide groups is 1. The van der Waals surface area contributed by atoms with Crippen molar-refractivity contribution in [1.29, 1.82) is 5.26 Å². The summed E-state index contributed by atoms with van der Waals surface area (Å²) in [5.74, 6) is -0.696.